The van der Waals surface area contributed by atoms with E-state index in [0.29, 0.717) is 5.69 Å². The van der Waals surface area contributed by atoms with Gasteiger partial charge in [-0.2, -0.15) is 0 Å². The number of carbonyl (C=O) groups excluding carboxylic acids is 1. The average molecular weight is 271 g/mol. The van der Waals surface area contributed by atoms with Crippen molar-refractivity contribution in [2.75, 3.05) is 12.4 Å². The van der Waals surface area contributed by atoms with E-state index < -0.39 is 5.97 Å². The number of rotatable bonds is 2. The van der Waals surface area contributed by atoms with Gasteiger partial charge in [0.2, 0.25) is 5.82 Å². The molecule has 0 N–H and O–H groups in total. The summed E-state index contributed by atoms with van der Waals surface area (Å²) in [4.78, 5) is 15.3. The molecule has 0 aliphatic rings. The van der Waals surface area contributed by atoms with Crippen molar-refractivity contribution >= 4 is 21.9 Å². The Morgan fingerprint density at radius 3 is 3.07 bits per heavy atom. The smallest absolute Gasteiger partial charge is 0.374 e. The highest BCUT2D eigenvalue weighted by Gasteiger charge is 2.12. The number of nitrogens with zero attached hydrogens (tertiary/aromatic N) is 2. The van der Waals surface area contributed by atoms with Gasteiger partial charge >= 0.3 is 5.97 Å². The minimum atomic E-state index is -0.453. The van der Waals surface area contributed by atoms with Crippen LogP contribution in [0.1, 0.15) is 22.7 Å². The third-order valence-electron chi connectivity index (χ3n) is 1.68. The minimum Gasteiger partial charge on any atom is -0.463 e. The Morgan fingerprint density at radius 2 is 2.47 bits per heavy atom. The molecular weight excluding hydrogens is 260 g/mol. The topological polar surface area (TPSA) is 44.1 Å². The number of aromatic nitrogens is 2. The Kier molecular flexibility index (Phi) is 4.37. The standard InChI is InChI=1S/C10H11BrN2O2/c1-13-7-8(5-3-4-6-11)12-9(13)10(14)15-2/h7H,4,6H2,1-2H3. The fourth-order valence-electron chi connectivity index (χ4n) is 1.01. The van der Waals surface area contributed by atoms with Crippen LogP contribution < -0.4 is 0 Å². The second-order valence-corrected chi connectivity index (χ2v) is 3.59. The van der Waals surface area contributed by atoms with E-state index in [1.807, 2.05) is 0 Å². The van der Waals surface area contributed by atoms with Gasteiger partial charge < -0.3 is 9.30 Å². The van der Waals surface area contributed by atoms with Crippen LogP contribution in [0.2, 0.25) is 0 Å². The summed E-state index contributed by atoms with van der Waals surface area (Å²) in [6.07, 6.45) is 2.46. The lowest BCUT2D eigenvalue weighted by molar-refractivity contribution is 0.0583. The van der Waals surface area contributed by atoms with Gasteiger partial charge in [-0.3, -0.25) is 0 Å². The first kappa shape index (κ1) is 11.8. The fourth-order valence-corrected chi connectivity index (χ4v) is 1.21. The summed E-state index contributed by atoms with van der Waals surface area (Å²) >= 11 is 3.27. The molecule has 0 bridgehead atoms. The van der Waals surface area contributed by atoms with E-state index in [-0.39, 0.29) is 5.82 Å². The first-order chi connectivity index (χ1) is 7.19. The molecule has 0 saturated carbocycles. The second kappa shape index (κ2) is 5.56. The molecule has 1 aromatic heterocycles. The molecule has 0 amide bonds. The third kappa shape index (κ3) is 3.10. The van der Waals surface area contributed by atoms with Crippen molar-refractivity contribution in [2.24, 2.45) is 7.05 Å². The molecule has 0 fully saturated rings. The molecule has 4 nitrogen and oxygen atoms in total. The number of alkyl halides is 1. The number of imidazole rings is 1. The Morgan fingerprint density at radius 1 is 1.73 bits per heavy atom. The summed E-state index contributed by atoms with van der Waals surface area (Å²) in [5, 5.41) is 0.830. The van der Waals surface area contributed by atoms with Crippen LogP contribution in [-0.2, 0) is 11.8 Å². The van der Waals surface area contributed by atoms with E-state index in [1.54, 1.807) is 17.8 Å². The zero-order valence-electron chi connectivity index (χ0n) is 8.58. The van der Waals surface area contributed by atoms with Crippen LogP contribution in [0.25, 0.3) is 0 Å². The Labute approximate surface area is 96.8 Å². The first-order valence-electron chi connectivity index (χ1n) is 4.35. The number of esters is 1. The molecule has 1 aromatic rings. The number of carbonyl (C=O) groups is 1. The molecule has 0 spiro atoms. The summed E-state index contributed by atoms with van der Waals surface area (Å²) in [5.41, 5.74) is 0.582. The lowest BCUT2D eigenvalue weighted by atomic mass is 10.4. The van der Waals surface area contributed by atoms with Gasteiger partial charge in [0.25, 0.3) is 0 Å². The van der Waals surface area contributed by atoms with Gasteiger partial charge in [0.15, 0.2) is 0 Å². The maximum atomic E-state index is 11.2. The normalized spacial score (nSPS) is 9.27. The van der Waals surface area contributed by atoms with Gasteiger partial charge in [-0.25, -0.2) is 9.78 Å². The van der Waals surface area contributed by atoms with Crippen LogP contribution in [-0.4, -0.2) is 28.0 Å². The number of aryl methyl sites for hydroxylation is 1. The third-order valence-corrected chi connectivity index (χ3v) is 2.08. The van der Waals surface area contributed by atoms with Crippen molar-refractivity contribution in [1.29, 1.82) is 0 Å². The van der Waals surface area contributed by atoms with Crippen LogP contribution in [0.15, 0.2) is 6.20 Å². The lowest BCUT2D eigenvalue weighted by Gasteiger charge is -1.96. The molecule has 0 saturated heterocycles. The lowest BCUT2D eigenvalue weighted by Crippen LogP contribution is -2.08. The Bertz CT molecular complexity index is 415. The molecule has 0 aromatic carbocycles. The molecule has 80 valence electrons. The van der Waals surface area contributed by atoms with Crippen molar-refractivity contribution < 1.29 is 9.53 Å². The maximum absolute atomic E-state index is 11.2. The van der Waals surface area contributed by atoms with Crippen LogP contribution >= 0.6 is 15.9 Å². The van der Waals surface area contributed by atoms with E-state index in [1.165, 1.54) is 7.11 Å². The SMILES string of the molecule is COC(=O)c1nc(C#CCCBr)cn1C. The van der Waals surface area contributed by atoms with E-state index in [0.717, 1.165) is 11.8 Å². The largest absolute Gasteiger partial charge is 0.463 e. The van der Waals surface area contributed by atoms with Crippen molar-refractivity contribution in [3.05, 3.63) is 17.7 Å². The minimum absolute atomic E-state index is 0.264. The van der Waals surface area contributed by atoms with Gasteiger partial charge in [-0.1, -0.05) is 21.9 Å². The molecule has 0 unspecified atom stereocenters. The highest BCUT2D eigenvalue weighted by molar-refractivity contribution is 9.09. The molecule has 0 aliphatic carbocycles. The molecule has 0 atom stereocenters. The number of halogens is 1. The van der Waals surface area contributed by atoms with Gasteiger partial charge in [0.05, 0.1) is 7.11 Å². The summed E-state index contributed by atoms with van der Waals surface area (Å²) in [6, 6.07) is 0. The van der Waals surface area contributed by atoms with Gasteiger partial charge in [0, 0.05) is 25.0 Å². The van der Waals surface area contributed by atoms with Gasteiger partial charge in [-0.15, -0.1) is 0 Å². The van der Waals surface area contributed by atoms with Gasteiger partial charge in [0.1, 0.15) is 5.69 Å². The Hall–Kier alpha value is -1.28. The van der Waals surface area contributed by atoms with Crippen LogP contribution in [0.3, 0.4) is 0 Å². The van der Waals surface area contributed by atoms with E-state index >= 15 is 0 Å². The van der Waals surface area contributed by atoms with Crippen molar-refractivity contribution in [2.45, 2.75) is 6.42 Å². The molecule has 15 heavy (non-hydrogen) atoms. The Balaban J connectivity index is 2.87. The summed E-state index contributed by atoms with van der Waals surface area (Å²) in [5.74, 6) is 5.60. The predicted octanol–water partition coefficient (Wildman–Crippen LogP) is 1.34. The average Bonchev–Trinajstić information content (AvgIpc) is 2.59. The van der Waals surface area contributed by atoms with Crippen LogP contribution in [0.5, 0.6) is 0 Å². The fraction of sp³-hybridized carbons (Fsp3) is 0.400. The zero-order chi connectivity index (χ0) is 11.3. The van der Waals surface area contributed by atoms with E-state index in [2.05, 4.69) is 37.5 Å². The molecular formula is C10H11BrN2O2. The molecule has 1 heterocycles. The first-order valence-corrected chi connectivity index (χ1v) is 5.47. The van der Waals surface area contributed by atoms with Crippen molar-refractivity contribution in [3.63, 3.8) is 0 Å². The molecule has 0 aliphatic heterocycles. The highest BCUT2D eigenvalue weighted by Crippen LogP contribution is 2.01. The summed E-state index contributed by atoms with van der Waals surface area (Å²) < 4.78 is 6.18. The monoisotopic (exact) mass is 270 g/mol. The van der Waals surface area contributed by atoms with Crippen molar-refractivity contribution in [1.82, 2.24) is 9.55 Å². The number of methoxy groups -OCH3 is 1. The van der Waals surface area contributed by atoms with E-state index in [4.69, 9.17) is 0 Å². The second-order valence-electron chi connectivity index (χ2n) is 2.79. The predicted molar refractivity (Wildman–Crippen MR) is 59.8 cm³/mol. The maximum Gasteiger partial charge on any atom is 0.374 e. The van der Waals surface area contributed by atoms with Gasteiger partial charge in [-0.05, 0) is 5.92 Å². The van der Waals surface area contributed by atoms with E-state index in [9.17, 15) is 4.79 Å². The molecule has 5 heteroatoms. The summed E-state index contributed by atoms with van der Waals surface area (Å²) in [6.45, 7) is 0. The van der Waals surface area contributed by atoms with Crippen LogP contribution in [0.4, 0.5) is 0 Å². The van der Waals surface area contributed by atoms with Crippen molar-refractivity contribution in [3.8, 4) is 11.8 Å². The summed E-state index contributed by atoms with van der Waals surface area (Å²) in [7, 11) is 3.06. The number of hydrogen-bond acceptors (Lipinski definition) is 3. The zero-order valence-corrected chi connectivity index (χ0v) is 10.2. The van der Waals surface area contributed by atoms with Crippen LogP contribution in [0, 0.1) is 11.8 Å². The molecule has 1 rings (SSSR count). The highest BCUT2D eigenvalue weighted by atomic mass is 79.9. The quantitative estimate of drug-likeness (QED) is 0.463. The number of ether oxygens (including phenoxy) is 1. The number of hydrogen-bond donors (Lipinski definition) is 0. The molecule has 0 radical (unpaired) electrons.